The molecule has 4 N–H and O–H groups in total. The van der Waals surface area contributed by atoms with Crippen LogP contribution in [-0.2, 0) is 22.4 Å². The fourth-order valence-electron chi connectivity index (χ4n) is 13.2. The first-order chi connectivity index (χ1) is 26.3. The Bertz CT molecular complexity index is 1840. The normalized spacial score (nSPS) is 34.9. The van der Waals surface area contributed by atoms with E-state index in [1.54, 1.807) is 14.2 Å². The molecule has 10 rings (SSSR count). The second-order valence-electron chi connectivity index (χ2n) is 16.0. The van der Waals surface area contributed by atoms with Crippen molar-refractivity contribution in [3.05, 3.63) is 131 Å². The monoisotopic (exact) mass is 730 g/mol. The summed E-state index contributed by atoms with van der Waals surface area (Å²) in [5.41, 5.74) is -1.42. The first kappa shape index (κ1) is 35.0. The SMILES string of the molecule is COc1ccc(C2C3(CO)C4N(C(=O)Cc5ccccc5)C5C2(CO)C2N(C(=O)Cc6ccccc6)C3C4(CO)C(c3ccc(OC)cc3)C52CO)cc1. The van der Waals surface area contributed by atoms with Gasteiger partial charge in [-0.1, -0.05) is 84.9 Å². The van der Waals surface area contributed by atoms with Crippen LogP contribution in [0.5, 0.6) is 11.5 Å². The van der Waals surface area contributed by atoms with Crippen LogP contribution in [-0.4, -0.2) is 107 Å². The van der Waals surface area contributed by atoms with Crippen molar-refractivity contribution in [1.82, 2.24) is 9.80 Å². The summed E-state index contributed by atoms with van der Waals surface area (Å²) in [6.45, 7) is -1.64. The van der Waals surface area contributed by atoms with Crippen LogP contribution in [0.25, 0.3) is 0 Å². The highest BCUT2D eigenvalue weighted by Crippen LogP contribution is 2.91. The van der Waals surface area contributed by atoms with Gasteiger partial charge in [-0.25, -0.2) is 0 Å². The fourth-order valence-corrected chi connectivity index (χ4v) is 13.2. The van der Waals surface area contributed by atoms with Gasteiger partial charge >= 0.3 is 0 Å². The van der Waals surface area contributed by atoms with Crippen LogP contribution in [0, 0.1) is 21.7 Å². The minimum absolute atomic E-state index is 0.0618. The topological polar surface area (TPSA) is 140 Å². The van der Waals surface area contributed by atoms with Gasteiger partial charge in [0.1, 0.15) is 11.5 Å². The number of methoxy groups -OCH3 is 2. The highest BCUT2D eigenvalue weighted by Gasteiger charge is 3.00. The van der Waals surface area contributed by atoms with E-state index in [-0.39, 0.29) is 24.7 Å². The predicted molar refractivity (Wildman–Crippen MR) is 199 cm³/mol. The maximum atomic E-state index is 15.1. The number of benzene rings is 4. The molecule has 0 spiro atoms. The predicted octanol–water partition coefficient (Wildman–Crippen LogP) is 3.17. The van der Waals surface area contributed by atoms with E-state index in [0.29, 0.717) is 11.5 Å². The summed E-state index contributed by atoms with van der Waals surface area (Å²) in [6.07, 6.45) is 0.124. The number of piperidine rings is 4. The van der Waals surface area contributed by atoms with E-state index in [2.05, 4.69) is 0 Å². The van der Waals surface area contributed by atoms with Crippen LogP contribution in [0.1, 0.15) is 34.1 Å². The smallest absolute Gasteiger partial charge is 0.227 e. The maximum Gasteiger partial charge on any atom is 0.227 e. The molecule has 0 unspecified atom stereocenters. The molecule has 0 aromatic heterocycles. The van der Waals surface area contributed by atoms with Gasteiger partial charge in [-0.3, -0.25) is 9.59 Å². The van der Waals surface area contributed by atoms with Gasteiger partial charge in [-0.2, -0.15) is 0 Å². The van der Waals surface area contributed by atoms with E-state index < -0.39 is 84.1 Å². The van der Waals surface area contributed by atoms with E-state index in [4.69, 9.17) is 9.47 Å². The van der Waals surface area contributed by atoms with Gasteiger partial charge in [-0.15, -0.1) is 0 Å². The lowest BCUT2D eigenvalue weighted by Gasteiger charge is -2.97. The molecule has 6 fully saturated rings. The second kappa shape index (κ2) is 12.4. The summed E-state index contributed by atoms with van der Waals surface area (Å²) >= 11 is 0. The van der Waals surface area contributed by atoms with E-state index in [1.165, 1.54) is 0 Å². The summed E-state index contributed by atoms with van der Waals surface area (Å²) in [4.78, 5) is 33.8. The number of carbonyl (C=O) groups excluding carboxylic acids is 2. The first-order valence-electron chi connectivity index (χ1n) is 18.7. The lowest BCUT2D eigenvalue weighted by Crippen LogP contribution is -3.08. The zero-order valence-corrected chi connectivity index (χ0v) is 30.4. The number of hydrogen-bond donors (Lipinski definition) is 4. The van der Waals surface area contributed by atoms with E-state index in [1.807, 2.05) is 119 Å². The van der Waals surface area contributed by atoms with Crippen LogP contribution >= 0.6 is 0 Å². The third-order valence-electron chi connectivity index (χ3n) is 14.3. The number of carbonyl (C=O) groups is 2. The first-order valence-corrected chi connectivity index (χ1v) is 18.7. The lowest BCUT2D eigenvalue weighted by molar-refractivity contribution is -0.475. The largest absolute Gasteiger partial charge is 0.497 e. The van der Waals surface area contributed by atoms with Gasteiger partial charge in [0.05, 0.1) is 77.7 Å². The Labute approximate surface area is 314 Å². The molecule has 10 heteroatoms. The Morgan fingerprint density at radius 1 is 0.500 bits per heavy atom. The molecule has 2 aliphatic carbocycles. The highest BCUT2D eigenvalue weighted by atomic mass is 16.5. The molecule has 6 aliphatic rings. The van der Waals surface area contributed by atoms with Crippen molar-refractivity contribution < 1.29 is 39.5 Å². The summed E-state index contributed by atoms with van der Waals surface area (Å²) in [7, 11) is 3.18. The van der Waals surface area contributed by atoms with E-state index in [0.717, 1.165) is 22.3 Å². The summed E-state index contributed by atoms with van der Waals surface area (Å²) < 4.78 is 11.0. The molecule has 4 saturated heterocycles. The Morgan fingerprint density at radius 2 is 0.796 bits per heavy atom. The molecule has 8 bridgehead atoms. The van der Waals surface area contributed by atoms with Crippen molar-refractivity contribution in [2.24, 2.45) is 21.7 Å². The van der Waals surface area contributed by atoms with Gasteiger partial charge in [0.15, 0.2) is 0 Å². The Kier molecular flexibility index (Phi) is 8.03. The zero-order valence-electron chi connectivity index (χ0n) is 30.4. The molecular formula is C44H46N2O8. The average Bonchev–Trinajstić information content (AvgIpc) is 3.20. The van der Waals surface area contributed by atoms with Crippen molar-refractivity contribution in [2.75, 3.05) is 40.6 Å². The molecule has 4 aromatic carbocycles. The number of rotatable bonds is 12. The zero-order chi connectivity index (χ0) is 37.6. The number of hydrogen-bond acceptors (Lipinski definition) is 8. The van der Waals surface area contributed by atoms with Crippen LogP contribution in [0.4, 0.5) is 0 Å². The minimum Gasteiger partial charge on any atom is -0.497 e. The summed E-state index contributed by atoms with van der Waals surface area (Å²) in [6, 6.07) is 31.1. The number of amides is 2. The highest BCUT2D eigenvalue weighted by molar-refractivity contribution is 5.86. The fraction of sp³-hybridized carbons (Fsp3) is 0.409. The molecule has 10 nitrogen and oxygen atoms in total. The molecule has 0 radical (unpaired) electrons. The standard InChI is InChI=1S/C44H46N2O8/c1-53-31-17-13-29(14-18-31)35-41(23-47)37-43(25-49)36(30-15-19-32(54-2)20-16-30)44(26-50)38(45(37)33(51)21-27-9-5-3-6-10-27)42(35,24-48)40(44)46(39(41)43)34(52)22-28-11-7-4-8-12-28/h3-20,35-40,47-50H,21-26H2,1-2H3. The van der Waals surface area contributed by atoms with Crippen LogP contribution < -0.4 is 9.47 Å². The van der Waals surface area contributed by atoms with Gasteiger partial charge in [-0.05, 0) is 46.5 Å². The van der Waals surface area contributed by atoms with Crippen LogP contribution in [0.15, 0.2) is 109 Å². The quantitative estimate of drug-likeness (QED) is 0.175. The van der Waals surface area contributed by atoms with E-state index in [9.17, 15) is 20.4 Å². The maximum absolute atomic E-state index is 15.1. The van der Waals surface area contributed by atoms with Crippen molar-refractivity contribution >= 4 is 11.8 Å². The number of aliphatic hydroxyl groups excluding tert-OH is 4. The van der Waals surface area contributed by atoms with Crippen molar-refractivity contribution in [1.29, 1.82) is 0 Å². The summed E-state index contributed by atoms with van der Waals surface area (Å²) in [5, 5.41) is 48.3. The molecule has 4 heterocycles. The van der Waals surface area contributed by atoms with Crippen LogP contribution in [0.2, 0.25) is 0 Å². The molecular weight excluding hydrogens is 684 g/mol. The minimum atomic E-state index is -1.18. The second-order valence-corrected chi connectivity index (χ2v) is 16.0. The summed E-state index contributed by atoms with van der Waals surface area (Å²) in [5.74, 6) is -0.185. The number of ether oxygens (including phenoxy) is 2. The van der Waals surface area contributed by atoms with Gasteiger partial charge < -0.3 is 39.7 Å². The Morgan fingerprint density at radius 3 is 1.06 bits per heavy atom. The molecule has 2 amide bonds. The molecule has 280 valence electrons. The van der Waals surface area contributed by atoms with Gasteiger partial charge in [0.25, 0.3) is 0 Å². The lowest BCUT2D eigenvalue weighted by atomic mass is 9.16. The Hall–Kier alpha value is -4.74. The van der Waals surface area contributed by atoms with E-state index >= 15 is 9.59 Å². The van der Waals surface area contributed by atoms with Crippen molar-refractivity contribution in [3.8, 4) is 11.5 Å². The molecule has 0 atom stereocenters. The molecule has 4 aromatic rings. The van der Waals surface area contributed by atoms with Crippen molar-refractivity contribution in [2.45, 2.75) is 48.8 Å². The van der Waals surface area contributed by atoms with Gasteiger partial charge in [0, 0.05) is 33.5 Å². The van der Waals surface area contributed by atoms with Gasteiger partial charge in [0.2, 0.25) is 11.8 Å². The average molecular weight is 731 g/mol. The van der Waals surface area contributed by atoms with Crippen molar-refractivity contribution in [3.63, 3.8) is 0 Å². The third kappa shape index (κ3) is 3.99. The van der Waals surface area contributed by atoms with Crippen LogP contribution in [0.3, 0.4) is 0 Å². The third-order valence-corrected chi connectivity index (χ3v) is 14.3. The molecule has 2 saturated carbocycles. The molecule has 4 aliphatic heterocycles. The number of nitrogens with zero attached hydrogens (tertiary/aromatic N) is 2. The molecule has 54 heavy (non-hydrogen) atoms. The number of aliphatic hydroxyl groups is 4. The Balaban J connectivity index is 1.33.